The van der Waals surface area contributed by atoms with Gasteiger partial charge in [-0.3, -0.25) is 33.6 Å². The van der Waals surface area contributed by atoms with E-state index in [-0.39, 0.29) is 24.9 Å². The fourth-order valence-electron chi connectivity index (χ4n) is 13.1. The van der Waals surface area contributed by atoms with Gasteiger partial charge in [-0.05, 0) is 85.9 Å². The van der Waals surface area contributed by atoms with Crippen LogP contribution in [-0.4, -0.2) is 79.1 Å². The summed E-state index contributed by atoms with van der Waals surface area (Å²) in [5.74, 6) is -4.77. The van der Waals surface area contributed by atoms with Gasteiger partial charge in [-0.15, -0.1) is 0 Å². The molecule has 5 aliphatic carbocycles. The fraction of sp³-hybridized carbons (Fsp3) is 0.795. The average molecular weight is 817 g/mol. The summed E-state index contributed by atoms with van der Waals surface area (Å²) in [6, 6.07) is 0. The van der Waals surface area contributed by atoms with Gasteiger partial charge in [-0.1, -0.05) is 46.3 Å². The molecule has 324 valence electrons. The molecule has 4 fully saturated rings. The molecule has 0 N–H and O–H groups in total. The number of esters is 7. The Hall–Kier alpha value is -3.97. The zero-order valence-corrected chi connectivity index (χ0v) is 36.6. The summed E-state index contributed by atoms with van der Waals surface area (Å²) >= 11 is 0. The standard InChI is InChI=1S/C44H64O14/c1-23(45)52-22-44-31(20-39(8,9)36(55-26(4)48)37(44)56-27(5)49)30-14-15-32-40(10)18-17-34(53-24(2)46)43(13,38(57-28(6)50)58-29(7)51)33(40)16-19-41(32,11)42(30,12)21-35(44)54-25(3)47/h14,31-38H,15-22H2,1-13H3/t31-,32+,33+,34-,35+,36-,37-,40+,41+,42+,43-,44-/m0/s1. The van der Waals surface area contributed by atoms with E-state index in [9.17, 15) is 33.6 Å². The van der Waals surface area contributed by atoms with Crippen molar-refractivity contribution in [2.45, 2.75) is 166 Å². The molecule has 0 spiro atoms. The van der Waals surface area contributed by atoms with Crippen LogP contribution >= 0.6 is 0 Å². The molecule has 4 saturated carbocycles. The Morgan fingerprint density at radius 1 is 0.621 bits per heavy atom. The summed E-state index contributed by atoms with van der Waals surface area (Å²) in [7, 11) is 0. The number of fused-ring (bicyclic) bond motifs is 7. The number of allylic oxidation sites excluding steroid dienone is 2. The first-order valence-electron chi connectivity index (χ1n) is 20.6. The van der Waals surface area contributed by atoms with E-state index in [1.165, 1.54) is 48.5 Å². The minimum Gasteiger partial charge on any atom is -0.465 e. The van der Waals surface area contributed by atoms with E-state index in [2.05, 4.69) is 26.8 Å². The van der Waals surface area contributed by atoms with Gasteiger partial charge in [0.2, 0.25) is 0 Å². The predicted molar refractivity (Wildman–Crippen MR) is 206 cm³/mol. The molecule has 0 unspecified atom stereocenters. The van der Waals surface area contributed by atoms with Crippen LogP contribution in [0, 0.1) is 50.2 Å². The van der Waals surface area contributed by atoms with Crippen molar-refractivity contribution in [1.82, 2.24) is 0 Å². The van der Waals surface area contributed by atoms with Crippen molar-refractivity contribution in [2.24, 2.45) is 50.2 Å². The van der Waals surface area contributed by atoms with Crippen molar-refractivity contribution >= 4 is 41.8 Å². The van der Waals surface area contributed by atoms with Gasteiger partial charge in [0, 0.05) is 53.9 Å². The Kier molecular flexibility index (Phi) is 12.1. The Labute approximate surface area is 342 Å². The summed E-state index contributed by atoms with van der Waals surface area (Å²) in [5.41, 5.74) is -3.64. The van der Waals surface area contributed by atoms with Gasteiger partial charge >= 0.3 is 41.8 Å². The van der Waals surface area contributed by atoms with Crippen LogP contribution in [0.5, 0.6) is 0 Å². The van der Waals surface area contributed by atoms with Crippen LogP contribution in [0.1, 0.15) is 135 Å². The second kappa shape index (κ2) is 15.6. The van der Waals surface area contributed by atoms with Crippen molar-refractivity contribution in [3.8, 4) is 0 Å². The Bertz CT molecular complexity index is 1730. The minimum absolute atomic E-state index is 0.00554. The lowest BCUT2D eigenvalue weighted by Crippen LogP contribution is -2.73. The van der Waals surface area contributed by atoms with E-state index in [0.717, 1.165) is 5.57 Å². The first-order chi connectivity index (χ1) is 26.7. The second-order valence-electron chi connectivity index (χ2n) is 19.3. The van der Waals surface area contributed by atoms with Crippen molar-refractivity contribution < 1.29 is 66.7 Å². The van der Waals surface area contributed by atoms with Gasteiger partial charge in [-0.2, -0.15) is 0 Å². The Morgan fingerprint density at radius 3 is 1.67 bits per heavy atom. The first-order valence-corrected chi connectivity index (χ1v) is 20.6. The van der Waals surface area contributed by atoms with Crippen molar-refractivity contribution in [3.63, 3.8) is 0 Å². The molecule has 0 radical (unpaired) electrons. The molecule has 0 bridgehead atoms. The van der Waals surface area contributed by atoms with Gasteiger partial charge < -0.3 is 33.2 Å². The normalized spacial score (nSPS) is 39.8. The number of carbonyl (C=O) groups excluding carboxylic acids is 7. The zero-order chi connectivity index (χ0) is 43.6. The number of ether oxygens (including phenoxy) is 7. The topological polar surface area (TPSA) is 184 Å². The summed E-state index contributed by atoms with van der Waals surface area (Å²) in [6.45, 7) is 21.3. The van der Waals surface area contributed by atoms with Crippen LogP contribution < -0.4 is 0 Å². The maximum Gasteiger partial charge on any atom is 0.305 e. The van der Waals surface area contributed by atoms with Gasteiger partial charge in [0.1, 0.15) is 24.9 Å². The van der Waals surface area contributed by atoms with E-state index in [1.807, 2.05) is 20.8 Å². The second-order valence-corrected chi connectivity index (χ2v) is 19.3. The van der Waals surface area contributed by atoms with Gasteiger partial charge in [0.15, 0.2) is 6.10 Å². The lowest BCUT2D eigenvalue weighted by atomic mass is 9.33. The summed E-state index contributed by atoms with van der Waals surface area (Å²) in [6.07, 6.45) is 0.879. The highest BCUT2D eigenvalue weighted by atomic mass is 16.7. The minimum atomic E-state index is -1.32. The number of hydrogen-bond acceptors (Lipinski definition) is 14. The molecule has 0 aliphatic heterocycles. The number of rotatable bonds is 9. The summed E-state index contributed by atoms with van der Waals surface area (Å²) in [4.78, 5) is 89.2. The molecule has 58 heavy (non-hydrogen) atoms. The molecular formula is C44H64O14. The molecule has 0 heterocycles. The van der Waals surface area contributed by atoms with E-state index in [1.54, 1.807) is 0 Å². The van der Waals surface area contributed by atoms with E-state index in [0.29, 0.717) is 38.5 Å². The molecule has 12 atom stereocenters. The molecule has 14 heteroatoms. The average Bonchev–Trinajstić information content (AvgIpc) is 3.06. The summed E-state index contributed by atoms with van der Waals surface area (Å²) in [5, 5.41) is 0. The monoisotopic (exact) mass is 816 g/mol. The van der Waals surface area contributed by atoms with Gasteiger partial charge in [0.05, 0.1) is 10.8 Å². The van der Waals surface area contributed by atoms with Crippen LogP contribution in [0.15, 0.2) is 11.6 Å². The van der Waals surface area contributed by atoms with E-state index < -0.39 is 111 Å². The molecule has 0 aromatic rings. The van der Waals surface area contributed by atoms with Crippen LogP contribution in [0.3, 0.4) is 0 Å². The van der Waals surface area contributed by atoms with Gasteiger partial charge in [-0.25, -0.2) is 0 Å². The van der Waals surface area contributed by atoms with E-state index >= 15 is 0 Å². The zero-order valence-electron chi connectivity index (χ0n) is 36.6. The lowest BCUT2D eigenvalue weighted by Gasteiger charge is -2.72. The fourth-order valence-corrected chi connectivity index (χ4v) is 13.1. The quantitative estimate of drug-likeness (QED) is 0.109. The third kappa shape index (κ3) is 7.32. The van der Waals surface area contributed by atoms with Crippen LogP contribution in [0.2, 0.25) is 0 Å². The van der Waals surface area contributed by atoms with Crippen molar-refractivity contribution in [1.29, 1.82) is 0 Å². The molecule has 0 amide bonds. The molecular weight excluding hydrogens is 752 g/mol. The predicted octanol–water partition coefficient (Wildman–Crippen LogP) is 6.34. The lowest BCUT2D eigenvalue weighted by molar-refractivity contribution is -0.289. The number of hydrogen-bond donors (Lipinski definition) is 0. The highest BCUT2D eigenvalue weighted by Gasteiger charge is 2.75. The SMILES string of the molecule is CC(=O)OC[C@@]12[C@H](OC(C)=O)C[C@]3(C)C(=CC[C@@H]4[C@@]5(C)CC[C@H](OC(C)=O)[C@@](C)(C(OC(C)=O)OC(C)=O)[C@@H]5CC[C@]43C)[C@@H]1CC(C)(C)[C@@H](OC(C)=O)[C@@H]2OC(C)=O. The molecule has 0 saturated heterocycles. The third-order valence-corrected chi connectivity index (χ3v) is 15.5. The first kappa shape index (κ1) is 45.1. The molecule has 5 rings (SSSR count). The van der Waals surface area contributed by atoms with Crippen LogP contribution in [-0.2, 0) is 66.7 Å². The summed E-state index contributed by atoms with van der Waals surface area (Å²) < 4.78 is 42.0. The van der Waals surface area contributed by atoms with Crippen LogP contribution in [0.4, 0.5) is 0 Å². The smallest absolute Gasteiger partial charge is 0.305 e. The maximum atomic E-state index is 13.2. The largest absolute Gasteiger partial charge is 0.465 e. The molecule has 0 aromatic heterocycles. The Morgan fingerprint density at radius 2 is 1.16 bits per heavy atom. The third-order valence-electron chi connectivity index (χ3n) is 15.5. The number of carbonyl (C=O) groups is 7. The Balaban J connectivity index is 1.73. The maximum absolute atomic E-state index is 13.2. The molecule has 0 aromatic carbocycles. The van der Waals surface area contributed by atoms with E-state index in [4.69, 9.17) is 33.2 Å². The van der Waals surface area contributed by atoms with Gasteiger partial charge in [0.25, 0.3) is 6.29 Å². The van der Waals surface area contributed by atoms with Crippen molar-refractivity contribution in [3.05, 3.63) is 11.6 Å². The van der Waals surface area contributed by atoms with Crippen molar-refractivity contribution in [2.75, 3.05) is 6.61 Å². The van der Waals surface area contributed by atoms with Crippen LogP contribution in [0.25, 0.3) is 0 Å². The highest BCUT2D eigenvalue weighted by Crippen LogP contribution is 2.76. The molecule has 14 nitrogen and oxygen atoms in total. The highest BCUT2D eigenvalue weighted by molar-refractivity contribution is 5.70. The molecule has 5 aliphatic rings.